The molecule has 0 fully saturated rings. The Hall–Kier alpha value is -2.64. The minimum absolute atomic E-state index is 0.143. The number of sulfonamides is 1. The van der Waals surface area contributed by atoms with Crippen LogP contribution in [-0.4, -0.2) is 27.9 Å². The Morgan fingerprint density at radius 1 is 1.00 bits per heavy atom. The van der Waals surface area contributed by atoms with E-state index in [2.05, 4.69) is 5.32 Å². The molecule has 0 atom stereocenters. The van der Waals surface area contributed by atoms with Crippen LogP contribution in [-0.2, 0) is 16.4 Å². The molecule has 27 heavy (non-hydrogen) atoms. The number of hydrogen-bond donors (Lipinski definition) is 1. The second-order valence-electron chi connectivity index (χ2n) is 5.92. The van der Waals surface area contributed by atoms with Crippen molar-refractivity contribution in [3.05, 3.63) is 82.6 Å². The summed E-state index contributed by atoms with van der Waals surface area (Å²) in [5.74, 6) is -0.216. The van der Waals surface area contributed by atoms with Crippen LogP contribution in [0.3, 0.4) is 0 Å². The van der Waals surface area contributed by atoms with E-state index in [-0.39, 0.29) is 10.8 Å². The van der Waals surface area contributed by atoms with Gasteiger partial charge in [-0.3, -0.25) is 9.10 Å². The van der Waals surface area contributed by atoms with Gasteiger partial charge in [-0.05, 0) is 54.3 Å². The summed E-state index contributed by atoms with van der Waals surface area (Å²) < 4.78 is 26.7. The summed E-state index contributed by atoms with van der Waals surface area (Å²) >= 11 is 1.65. The van der Waals surface area contributed by atoms with Gasteiger partial charge in [0, 0.05) is 24.0 Å². The number of benzene rings is 2. The smallest absolute Gasteiger partial charge is 0.264 e. The molecule has 0 unspecified atom stereocenters. The van der Waals surface area contributed by atoms with Crippen LogP contribution >= 0.6 is 11.3 Å². The minimum Gasteiger partial charge on any atom is -0.352 e. The molecule has 0 saturated carbocycles. The normalized spacial score (nSPS) is 11.1. The van der Waals surface area contributed by atoms with Crippen molar-refractivity contribution >= 4 is 33.0 Å². The molecule has 0 spiro atoms. The van der Waals surface area contributed by atoms with E-state index in [0.717, 1.165) is 6.42 Å². The fourth-order valence-corrected chi connectivity index (χ4v) is 4.47. The second-order valence-corrected chi connectivity index (χ2v) is 8.92. The van der Waals surface area contributed by atoms with Crippen molar-refractivity contribution in [2.75, 3.05) is 17.9 Å². The van der Waals surface area contributed by atoms with Crippen LogP contribution in [0, 0.1) is 0 Å². The third-order valence-electron chi connectivity index (χ3n) is 4.13. The van der Waals surface area contributed by atoms with Gasteiger partial charge in [-0.2, -0.15) is 0 Å². The monoisotopic (exact) mass is 400 g/mol. The molecular weight excluding hydrogens is 380 g/mol. The Labute approximate surface area is 163 Å². The van der Waals surface area contributed by atoms with Crippen molar-refractivity contribution in [3.8, 4) is 0 Å². The molecule has 7 heteroatoms. The standard InChI is InChI=1S/C20H20N2O3S2/c1-22(17-6-3-2-4-7-17)27(24,25)19-11-9-16(10-12-19)20(23)21-14-13-18-8-5-15-26-18/h2-12,15H,13-14H2,1H3,(H,21,23). The molecule has 0 radical (unpaired) electrons. The van der Waals surface area contributed by atoms with Gasteiger partial charge in [0.1, 0.15) is 0 Å². The molecule has 1 heterocycles. The first-order chi connectivity index (χ1) is 13.0. The number of para-hydroxylation sites is 1. The maximum absolute atomic E-state index is 12.7. The van der Waals surface area contributed by atoms with Gasteiger partial charge >= 0.3 is 0 Å². The maximum atomic E-state index is 12.7. The van der Waals surface area contributed by atoms with Crippen LogP contribution in [0.4, 0.5) is 5.69 Å². The Balaban J connectivity index is 1.66. The third kappa shape index (κ3) is 4.56. The fraction of sp³-hybridized carbons (Fsp3) is 0.150. The highest BCUT2D eigenvalue weighted by molar-refractivity contribution is 7.92. The van der Waals surface area contributed by atoms with Crippen molar-refractivity contribution in [3.63, 3.8) is 0 Å². The van der Waals surface area contributed by atoms with E-state index in [9.17, 15) is 13.2 Å². The van der Waals surface area contributed by atoms with Crippen LogP contribution in [0.15, 0.2) is 77.0 Å². The molecule has 3 aromatic rings. The molecule has 1 N–H and O–H groups in total. The largest absolute Gasteiger partial charge is 0.352 e. The zero-order valence-electron chi connectivity index (χ0n) is 14.8. The Bertz CT molecular complexity index is 983. The van der Waals surface area contributed by atoms with Crippen LogP contribution in [0.5, 0.6) is 0 Å². The molecule has 2 aromatic carbocycles. The van der Waals surface area contributed by atoms with Gasteiger partial charge in [0.25, 0.3) is 15.9 Å². The zero-order chi connectivity index (χ0) is 19.3. The molecule has 1 amide bonds. The number of anilines is 1. The summed E-state index contributed by atoms with van der Waals surface area (Å²) in [5.41, 5.74) is 1.01. The molecule has 1 aromatic heterocycles. The average Bonchev–Trinajstić information content (AvgIpc) is 3.21. The van der Waals surface area contributed by atoms with E-state index < -0.39 is 10.0 Å². The van der Waals surface area contributed by atoms with Gasteiger partial charge in [0.2, 0.25) is 0 Å². The third-order valence-corrected chi connectivity index (χ3v) is 6.87. The molecule has 140 valence electrons. The van der Waals surface area contributed by atoms with Gasteiger partial charge in [0.15, 0.2) is 0 Å². The molecule has 0 aliphatic rings. The highest BCUT2D eigenvalue weighted by Crippen LogP contribution is 2.21. The Kier molecular flexibility index (Phi) is 5.93. The van der Waals surface area contributed by atoms with E-state index in [4.69, 9.17) is 0 Å². The lowest BCUT2D eigenvalue weighted by Crippen LogP contribution is -2.27. The van der Waals surface area contributed by atoms with E-state index >= 15 is 0 Å². The molecular formula is C20H20N2O3S2. The number of hydrogen-bond acceptors (Lipinski definition) is 4. The fourth-order valence-electron chi connectivity index (χ4n) is 2.57. The van der Waals surface area contributed by atoms with Crippen LogP contribution in [0.2, 0.25) is 0 Å². The number of nitrogens with one attached hydrogen (secondary N) is 1. The summed E-state index contributed by atoms with van der Waals surface area (Å²) in [5, 5.41) is 4.85. The van der Waals surface area contributed by atoms with E-state index in [1.54, 1.807) is 35.6 Å². The average molecular weight is 401 g/mol. The summed E-state index contributed by atoms with van der Waals surface area (Å²) in [6.07, 6.45) is 0.776. The van der Waals surface area contributed by atoms with Crippen molar-refractivity contribution in [1.82, 2.24) is 5.32 Å². The topological polar surface area (TPSA) is 66.5 Å². The lowest BCUT2D eigenvalue weighted by molar-refractivity contribution is 0.0954. The number of rotatable bonds is 7. The maximum Gasteiger partial charge on any atom is 0.264 e. The molecule has 3 rings (SSSR count). The summed E-state index contributed by atoms with van der Waals surface area (Å²) in [4.78, 5) is 13.6. The minimum atomic E-state index is -3.68. The highest BCUT2D eigenvalue weighted by Gasteiger charge is 2.21. The highest BCUT2D eigenvalue weighted by atomic mass is 32.2. The summed E-state index contributed by atoms with van der Waals surface area (Å²) in [6.45, 7) is 0.538. The lowest BCUT2D eigenvalue weighted by Gasteiger charge is -2.19. The first kappa shape index (κ1) is 19.1. The van der Waals surface area contributed by atoms with Crippen LogP contribution < -0.4 is 9.62 Å². The number of nitrogens with zero attached hydrogens (tertiary/aromatic N) is 1. The van der Waals surface area contributed by atoms with Crippen molar-refractivity contribution in [2.24, 2.45) is 0 Å². The van der Waals surface area contributed by atoms with Crippen molar-refractivity contribution < 1.29 is 13.2 Å². The van der Waals surface area contributed by atoms with Gasteiger partial charge in [-0.1, -0.05) is 24.3 Å². The number of carbonyl (C=O) groups excluding carboxylic acids is 1. The van der Waals surface area contributed by atoms with Gasteiger partial charge in [-0.25, -0.2) is 8.42 Å². The van der Waals surface area contributed by atoms with Crippen LogP contribution in [0.25, 0.3) is 0 Å². The number of carbonyl (C=O) groups is 1. The summed E-state index contributed by atoms with van der Waals surface area (Å²) in [7, 11) is -2.17. The van der Waals surface area contributed by atoms with Gasteiger partial charge < -0.3 is 5.32 Å². The lowest BCUT2D eigenvalue weighted by atomic mass is 10.2. The SMILES string of the molecule is CN(c1ccccc1)S(=O)(=O)c1ccc(C(=O)NCCc2cccs2)cc1. The van der Waals surface area contributed by atoms with Crippen molar-refractivity contribution in [1.29, 1.82) is 0 Å². The quantitative estimate of drug-likeness (QED) is 0.660. The molecule has 0 bridgehead atoms. The van der Waals surface area contributed by atoms with Gasteiger partial charge in [-0.15, -0.1) is 11.3 Å². The van der Waals surface area contributed by atoms with Crippen LogP contribution in [0.1, 0.15) is 15.2 Å². The predicted octanol–water partition coefficient (Wildman–Crippen LogP) is 3.55. The van der Waals surface area contributed by atoms with Gasteiger partial charge in [0.05, 0.1) is 10.6 Å². The molecule has 0 aliphatic carbocycles. The van der Waals surface area contributed by atoms with E-state index in [1.807, 2.05) is 23.6 Å². The van der Waals surface area contributed by atoms with E-state index in [1.165, 1.54) is 40.5 Å². The Morgan fingerprint density at radius 2 is 1.70 bits per heavy atom. The first-order valence-electron chi connectivity index (χ1n) is 8.43. The van der Waals surface area contributed by atoms with Crippen molar-refractivity contribution in [2.45, 2.75) is 11.3 Å². The molecule has 5 nitrogen and oxygen atoms in total. The first-order valence-corrected chi connectivity index (χ1v) is 10.7. The number of thiophene rings is 1. The molecule has 0 saturated heterocycles. The Morgan fingerprint density at radius 3 is 2.33 bits per heavy atom. The molecule has 0 aliphatic heterocycles. The second kappa shape index (κ2) is 8.37. The number of amides is 1. The van der Waals surface area contributed by atoms with E-state index in [0.29, 0.717) is 17.8 Å². The zero-order valence-corrected chi connectivity index (χ0v) is 16.5. The summed E-state index contributed by atoms with van der Waals surface area (Å²) in [6, 6.07) is 18.9. The predicted molar refractivity (Wildman–Crippen MR) is 109 cm³/mol.